The quantitative estimate of drug-likeness (QED) is 0.825. The number of nitrogens with one attached hydrogen (secondary N) is 1. The number of amides is 1. The molecule has 1 aliphatic heterocycles. The summed E-state index contributed by atoms with van der Waals surface area (Å²) >= 11 is 6.16. The molecule has 0 spiro atoms. The molecule has 6 nitrogen and oxygen atoms in total. The predicted octanol–water partition coefficient (Wildman–Crippen LogP) is 3.42. The molecule has 1 aliphatic carbocycles. The van der Waals surface area contributed by atoms with E-state index < -0.39 is 16.4 Å². The zero-order valence-corrected chi connectivity index (χ0v) is 15.7. The van der Waals surface area contributed by atoms with E-state index in [2.05, 4.69) is 5.32 Å². The summed E-state index contributed by atoms with van der Waals surface area (Å²) in [5.74, 6) is 0.162. The summed E-state index contributed by atoms with van der Waals surface area (Å²) in [5, 5.41) is 3.17. The van der Waals surface area contributed by atoms with Crippen LogP contribution in [0.25, 0.3) is 0 Å². The zero-order valence-electron chi connectivity index (χ0n) is 15.0. The second kappa shape index (κ2) is 5.53. The van der Waals surface area contributed by atoms with E-state index in [1.807, 2.05) is 20.8 Å². The van der Waals surface area contributed by atoms with Gasteiger partial charge in [0, 0.05) is 11.5 Å². The van der Waals surface area contributed by atoms with Crippen LogP contribution in [0.1, 0.15) is 33.6 Å². The topological polar surface area (TPSA) is 73.9 Å². The molecule has 1 saturated carbocycles. The average Bonchev–Trinajstić information content (AvgIpc) is 2.85. The molecule has 0 radical (unpaired) electrons. The summed E-state index contributed by atoms with van der Waals surface area (Å²) < 4.78 is 16.1. The number of anilines is 1. The van der Waals surface area contributed by atoms with Crippen LogP contribution in [0.4, 0.5) is 5.69 Å². The number of rotatable bonds is 4. The third kappa shape index (κ3) is 2.16. The SMILES string of the molecule is COc1cc(OC)c(NC(=O)C23CCC(C)(C(=O)O2)C3(C)C)cc1Cl. The molecule has 2 atom stereocenters. The second-order valence-corrected chi connectivity index (χ2v) is 7.72. The molecular weight excluding hydrogens is 346 g/mol. The van der Waals surface area contributed by atoms with Gasteiger partial charge >= 0.3 is 5.97 Å². The molecule has 1 aromatic rings. The average molecular weight is 368 g/mol. The molecule has 2 fully saturated rings. The monoisotopic (exact) mass is 367 g/mol. The number of esters is 1. The number of methoxy groups -OCH3 is 2. The Hall–Kier alpha value is -1.95. The Morgan fingerprint density at radius 1 is 1.16 bits per heavy atom. The van der Waals surface area contributed by atoms with E-state index in [1.54, 1.807) is 12.1 Å². The maximum absolute atomic E-state index is 13.1. The van der Waals surface area contributed by atoms with Gasteiger partial charge in [-0.05, 0) is 25.8 Å². The van der Waals surface area contributed by atoms with Crippen molar-refractivity contribution >= 4 is 29.2 Å². The van der Waals surface area contributed by atoms with Gasteiger partial charge in [0.1, 0.15) is 11.5 Å². The number of halogens is 1. The van der Waals surface area contributed by atoms with Gasteiger partial charge in [-0.2, -0.15) is 0 Å². The molecule has 7 heteroatoms. The highest BCUT2D eigenvalue weighted by Crippen LogP contribution is 2.65. The lowest BCUT2D eigenvalue weighted by Crippen LogP contribution is -2.50. The fourth-order valence-corrected chi connectivity index (χ4v) is 4.17. The molecule has 2 unspecified atom stereocenters. The molecular formula is C18H22ClNO5. The zero-order chi connectivity index (χ0) is 18.6. The Bertz CT molecular complexity index is 762. The summed E-state index contributed by atoms with van der Waals surface area (Å²) in [5.41, 5.74) is -2.08. The van der Waals surface area contributed by atoms with Crippen molar-refractivity contribution in [1.29, 1.82) is 0 Å². The van der Waals surface area contributed by atoms with Crippen molar-refractivity contribution in [2.24, 2.45) is 10.8 Å². The van der Waals surface area contributed by atoms with Crippen molar-refractivity contribution in [3.8, 4) is 11.5 Å². The Morgan fingerprint density at radius 2 is 1.80 bits per heavy atom. The van der Waals surface area contributed by atoms with Crippen LogP contribution in [0, 0.1) is 10.8 Å². The minimum atomic E-state index is -1.20. The summed E-state index contributed by atoms with van der Waals surface area (Å²) in [6, 6.07) is 3.16. The van der Waals surface area contributed by atoms with Crippen LogP contribution in [-0.4, -0.2) is 31.7 Å². The molecule has 1 amide bonds. The summed E-state index contributed by atoms with van der Waals surface area (Å²) in [6.07, 6.45) is 1.10. The van der Waals surface area contributed by atoms with Gasteiger partial charge in [-0.25, -0.2) is 0 Å². The van der Waals surface area contributed by atoms with Crippen molar-refractivity contribution in [2.45, 2.75) is 39.2 Å². The number of fused-ring (bicyclic) bond motifs is 2. The molecule has 1 N–H and O–H groups in total. The molecule has 2 aliphatic rings. The van der Waals surface area contributed by atoms with Crippen LogP contribution in [0.2, 0.25) is 5.02 Å². The lowest BCUT2D eigenvalue weighted by Gasteiger charge is -2.35. The van der Waals surface area contributed by atoms with E-state index in [4.69, 9.17) is 25.8 Å². The van der Waals surface area contributed by atoms with Crippen LogP contribution < -0.4 is 14.8 Å². The van der Waals surface area contributed by atoms with E-state index in [0.29, 0.717) is 35.1 Å². The van der Waals surface area contributed by atoms with Gasteiger partial charge in [-0.15, -0.1) is 0 Å². The Labute approximate surface area is 151 Å². The first kappa shape index (κ1) is 17.9. The Morgan fingerprint density at radius 3 is 2.28 bits per heavy atom. The van der Waals surface area contributed by atoms with Gasteiger partial charge in [0.05, 0.1) is 30.3 Å². The number of hydrogen-bond donors (Lipinski definition) is 1. The summed E-state index contributed by atoms with van der Waals surface area (Å²) in [7, 11) is 2.99. The summed E-state index contributed by atoms with van der Waals surface area (Å²) in [4.78, 5) is 25.4. The van der Waals surface area contributed by atoms with Crippen molar-refractivity contribution in [3.63, 3.8) is 0 Å². The minimum Gasteiger partial charge on any atom is -0.495 e. The minimum absolute atomic E-state index is 0.321. The van der Waals surface area contributed by atoms with Crippen LogP contribution in [0.3, 0.4) is 0 Å². The van der Waals surface area contributed by atoms with Crippen LogP contribution in [0.15, 0.2) is 12.1 Å². The third-order valence-corrected chi connectivity index (χ3v) is 6.47. The largest absolute Gasteiger partial charge is 0.495 e. The van der Waals surface area contributed by atoms with Crippen molar-refractivity contribution in [2.75, 3.05) is 19.5 Å². The van der Waals surface area contributed by atoms with Gasteiger partial charge < -0.3 is 19.5 Å². The van der Waals surface area contributed by atoms with Crippen molar-refractivity contribution < 1.29 is 23.8 Å². The smallest absolute Gasteiger partial charge is 0.313 e. The molecule has 3 rings (SSSR count). The van der Waals surface area contributed by atoms with E-state index in [9.17, 15) is 9.59 Å². The second-order valence-electron chi connectivity index (χ2n) is 7.31. The van der Waals surface area contributed by atoms with Crippen LogP contribution >= 0.6 is 11.6 Å². The highest BCUT2D eigenvalue weighted by atomic mass is 35.5. The Kier molecular flexibility index (Phi) is 3.95. The molecule has 0 aromatic heterocycles. The van der Waals surface area contributed by atoms with Gasteiger partial charge in [0.2, 0.25) is 0 Å². The van der Waals surface area contributed by atoms with Gasteiger partial charge in [0.25, 0.3) is 5.91 Å². The molecule has 136 valence electrons. The number of hydrogen-bond acceptors (Lipinski definition) is 5. The maximum Gasteiger partial charge on any atom is 0.313 e. The van der Waals surface area contributed by atoms with E-state index >= 15 is 0 Å². The first-order valence-electron chi connectivity index (χ1n) is 8.09. The van der Waals surface area contributed by atoms with Crippen molar-refractivity contribution in [3.05, 3.63) is 17.2 Å². The normalized spacial score (nSPS) is 29.3. The molecule has 1 heterocycles. The Balaban J connectivity index is 1.96. The molecule has 2 bridgehead atoms. The summed E-state index contributed by atoms with van der Waals surface area (Å²) in [6.45, 7) is 5.67. The van der Waals surface area contributed by atoms with E-state index in [1.165, 1.54) is 14.2 Å². The first-order chi connectivity index (χ1) is 11.6. The fourth-order valence-electron chi connectivity index (χ4n) is 3.93. The van der Waals surface area contributed by atoms with Gasteiger partial charge in [0.15, 0.2) is 5.60 Å². The number of carbonyl (C=O) groups is 2. The number of ether oxygens (including phenoxy) is 3. The standard InChI is InChI=1S/C18H22ClNO5/c1-16(2)17(3)6-7-18(16,25-15(17)22)14(21)20-11-8-10(19)12(23-4)9-13(11)24-5/h8-9H,6-7H2,1-5H3,(H,20,21). The van der Waals surface area contributed by atoms with Gasteiger partial charge in [-0.1, -0.05) is 25.4 Å². The maximum atomic E-state index is 13.1. The van der Waals surface area contributed by atoms with E-state index in [-0.39, 0.29) is 11.9 Å². The highest BCUT2D eigenvalue weighted by Gasteiger charge is 2.75. The lowest BCUT2D eigenvalue weighted by molar-refractivity contribution is -0.165. The number of benzene rings is 1. The van der Waals surface area contributed by atoms with Gasteiger partial charge in [-0.3, -0.25) is 9.59 Å². The fraction of sp³-hybridized carbons (Fsp3) is 0.556. The van der Waals surface area contributed by atoms with Crippen LogP contribution in [-0.2, 0) is 14.3 Å². The number of carbonyl (C=O) groups excluding carboxylic acids is 2. The molecule has 1 saturated heterocycles. The molecule has 25 heavy (non-hydrogen) atoms. The lowest BCUT2D eigenvalue weighted by atomic mass is 9.66. The highest BCUT2D eigenvalue weighted by molar-refractivity contribution is 6.32. The van der Waals surface area contributed by atoms with E-state index in [0.717, 1.165) is 0 Å². The third-order valence-electron chi connectivity index (χ3n) is 6.17. The van der Waals surface area contributed by atoms with Crippen molar-refractivity contribution in [1.82, 2.24) is 0 Å². The first-order valence-corrected chi connectivity index (χ1v) is 8.47. The van der Waals surface area contributed by atoms with Crippen LogP contribution in [0.5, 0.6) is 11.5 Å². The molecule has 1 aromatic carbocycles. The predicted molar refractivity (Wildman–Crippen MR) is 93.1 cm³/mol.